The van der Waals surface area contributed by atoms with Crippen LogP contribution in [0.15, 0.2) is 18.3 Å². The zero-order chi connectivity index (χ0) is 20.6. The first-order valence-electron chi connectivity index (χ1n) is 10.5. The highest BCUT2D eigenvalue weighted by Gasteiger charge is 2.41. The molecule has 29 heavy (non-hydrogen) atoms. The van der Waals surface area contributed by atoms with Crippen molar-refractivity contribution in [2.75, 3.05) is 26.3 Å². The van der Waals surface area contributed by atoms with Crippen LogP contribution in [0.25, 0.3) is 10.9 Å². The molecule has 2 aliphatic rings. The van der Waals surface area contributed by atoms with Crippen LogP contribution >= 0.6 is 11.6 Å². The van der Waals surface area contributed by atoms with Crippen LogP contribution in [0, 0.1) is 17.3 Å². The highest BCUT2D eigenvalue weighted by molar-refractivity contribution is 6.31. The second-order valence-electron chi connectivity index (χ2n) is 9.04. The second-order valence-corrected chi connectivity index (χ2v) is 9.47. The number of carbonyl (C=O) groups excluding carboxylic acids is 1. The number of fused-ring (bicyclic) bond motifs is 1. The van der Waals surface area contributed by atoms with E-state index >= 15 is 0 Å². The number of carbonyl (C=O) groups is 1. The van der Waals surface area contributed by atoms with Gasteiger partial charge in [0, 0.05) is 42.6 Å². The molecule has 1 unspecified atom stereocenters. The minimum atomic E-state index is -0.663. The lowest BCUT2D eigenvalue weighted by molar-refractivity contribution is -0.141. The van der Waals surface area contributed by atoms with E-state index in [1.54, 1.807) is 6.20 Å². The van der Waals surface area contributed by atoms with Gasteiger partial charge in [-0.05, 0) is 54.7 Å². The quantitative estimate of drug-likeness (QED) is 0.786. The van der Waals surface area contributed by atoms with Gasteiger partial charge in [0.2, 0.25) is 5.91 Å². The molecule has 0 spiro atoms. The molecule has 3 heterocycles. The Kier molecular flexibility index (Phi) is 5.87. The van der Waals surface area contributed by atoms with Crippen molar-refractivity contribution in [3.63, 3.8) is 0 Å². The monoisotopic (exact) mass is 419 g/mol. The number of amides is 1. The van der Waals surface area contributed by atoms with Gasteiger partial charge >= 0.3 is 0 Å². The number of nitrogens with zero attached hydrogens (tertiary/aromatic N) is 2. The molecule has 2 fully saturated rings. The van der Waals surface area contributed by atoms with Gasteiger partial charge in [0.1, 0.15) is 0 Å². The van der Waals surface area contributed by atoms with E-state index in [9.17, 15) is 9.90 Å². The Morgan fingerprint density at radius 3 is 2.66 bits per heavy atom. The Morgan fingerprint density at radius 1 is 1.28 bits per heavy atom. The summed E-state index contributed by atoms with van der Waals surface area (Å²) in [5, 5.41) is 19.9. The fourth-order valence-electron chi connectivity index (χ4n) is 4.94. The van der Waals surface area contributed by atoms with Gasteiger partial charge in [-0.3, -0.25) is 9.89 Å². The Labute approximate surface area is 176 Å². The van der Waals surface area contributed by atoms with Gasteiger partial charge in [0.05, 0.1) is 17.8 Å². The molecule has 0 bridgehead atoms. The first-order valence-corrected chi connectivity index (χ1v) is 10.9. The summed E-state index contributed by atoms with van der Waals surface area (Å²) in [6.45, 7) is 7.12. The van der Waals surface area contributed by atoms with E-state index in [1.807, 2.05) is 17.0 Å². The van der Waals surface area contributed by atoms with Gasteiger partial charge in [0.15, 0.2) is 0 Å². The first-order chi connectivity index (χ1) is 13.9. The van der Waals surface area contributed by atoms with Crippen molar-refractivity contribution < 1.29 is 14.6 Å². The van der Waals surface area contributed by atoms with Crippen molar-refractivity contribution >= 4 is 28.4 Å². The molecule has 1 aromatic carbocycles. The Hall–Kier alpha value is -1.63. The SMILES string of the molecule is CC(C)(C1CCN(C(=O)C2CCOCC2)CC1)C(O)c1cc(Cl)cc2[nH]ncc12. The first kappa shape index (κ1) is 20.6. The third kappa shape index (κ3) is 4.03. The minimum Gasteiger partial charge on any atom is -0.388 e. The molecule has 158 valence electrons. The average Bonchev–Trinajstić information content (AvgIpc) is 3.21. The number of aliphatic hydroxyl groups is 1. The third-order valence-electron chi connectivity index (χ3n) is 6.98. The molecular weight excluding hydrogens is 390 g/mol. The Bertz CT molecular complexity index is 867. The number of aromatic nitrogens is 2. The molecule has 0 radical (unpaired) electrons. The molecule has 0 aliphatic carbocycles. The van der Waals surface area contributed by atoms with Crippen LogP contribution in [-0.4, -0.2) is 52.4 Å². The van der Waals surface area contributed by atoms with Crippen LogP contribution in [-0.2, 0) is 9.53 Å². The maximum Gasteiger partial charge on any atom is 0.225 e. The number of H-pyrrole nitrogens is 1. The highest BCUT2D eigenvalue weighted by atomic mass is 35.5. The average molecular weight is 420 g/mol. The lowest BCUT2D eigenvalue weighted by atomic mass is 9.68. The maximum absolute atomic E-state index is 12.8. The number of rotatable bonds is 4. The molecule has 2 saturated heterocycles. The number of hydrogen-bond donors (Lipinski definition) is 2. The molecule has 1 amide bonds. The number of nitrogens with one attached hydrogen (secondary N) is 1. The fourth-order valence-corrected chi connectivity index (χ4v) is 5.17. The number of aromatic amines is 1. The van der Waals surface area contributed by atoms with Gasteiger partial charge in [0.25, 0.3) is 0 Å². The van der Waals surface area contributed by atoms with Crippen molar-refractivity contribution in [3.8, 4) is 0 Å². The van der Waals surface area contributed by atoms with Gasteiger partial charge < -0.3 is 14.7 Å². The van der Waals surface area contributed by atoms with Crippen molar-refractivity contribution in [1.82, 2.24) is 15.1 Å². The molecule has 0 saturated carbocycles. The summed E-state index contributed by atoms with van der Waals surface area (Å²) in [6.07, 6.45) is 4.54. The minimum absolute atomic E-state index is 0.111. The number of piperidine rings is 1. The normalized spacial score (nSPS) is 20.9. The predicted molar refractivity (Wildman–Crippen MR) is 113 cm³/mol. The van der Waals surface area contributed by atoms with E-state index in [4.69, 9.17) is 16.3 Å². The third-order valence-corrected chi connectivity index (χ3v) is 7.20. The molecule has 2 N–H and O–H groups in total. The zero-order valence-corrected chi connectivity index (χ0v) is 17.9. The van der Waals surface area contributed by atoms with E-state index in [0.29, 0.717) is 24.2 Å². The molecule has 2 aliphatic heterocycles. The molecular formula is C22H30ClN3O3. The largest absolute Gasteiger partial charge is 0.388 e. The van der Waals surface area contributed by atoms with Crippen molar-refractivity contribution in [2.45, 2.75) is 45.6 Å². The summed E-state index contributed by atoms with van der Waals surface area (Å²) >= 11 is 6.28. The topological polar surface area (TPSA) is 78.5 Å². The van der Waals surface area contributed by atoms with Crippen molar-refractivity contribution in [1.29, 1.82) is 0 Å². The summed E-state index contributed by atoms with van der Waals surface area (Å²) in [5.74, 6) is 0.706. The summed E-state index contributed by atoms with van der Waals surface area (Å²) in [5.41, 5.74) is 1.30. The van der Waals surface area contributed by atoms with Gasteiger partial charge in [-0.2, -0.15) is 5.10 Å². The van der Waals surface area contributed by atoms with E-state index in [2.05, 4.69) is 24.0 Å². The second kappa shape index (κ2) is 8.25. The summed E-state index contributed by atoms with van der Waals surface area (Å²) in [4.78, 5) is 14.8. The van der Waals surface area contributed by atoms with Crippen LogP contribution in [0.1, 0.15) is 51.2 Å². The molecule has 6 nitrogen and oxygen atoms in total. The summed E-state index contributed by atoms with van der Waals surface area (Å²) in [7, 11) is 0. The summed E-state index contributed by atoms with van der Waals surface area (Å²) < 4.78 is 5.39. The number of aliphatic hydroxyl groups excluding tert-OH is 1. The van der Waals surface area contributed by atoms with Crippen LogP contribution in [0.4, 0.5) is 0 Å². The Balaban J connectivity index is 1.45. The van der Waals surface area contributed by atoms with Crippen LogP contribution in [0.5, 0.6) is 0 Å². The fraction of sp³-hybridized carbons (Fsp3) is 0.636. The standard InChI is InChI=1S/C22H30ClN3O3/c1-22(2,20(27)17-11-16(23)12-19-18(17)13-24-25-19)15-3-7-26(8-4-15)21(28)14-5-9-29-10-6-14/h11-15,20,27H,3-10H2,1-2H3,(H,24,25). The number of hydrogen-bond acceptors (Lipinski definition) is 4. The smallest absolute Gasteiger partial charge is 0.225 e. The number of ether oxygens (including phenoxy) is 1. The van der Waals surface area contributed by atoms with Crippen LogP contribution in [0.2, 0.25) is 5.02 Å². The predicted octanol–water partition coefficient (Wildman–Crippen LogP) is 3.94. The van der Waals surface area contributed by atoms with Gasteiger partial charge in [-0.25, -0.2) is 0 Å². The van der Waals surface area contributed by atoms with Crippen LogP contribution in [0.3, 0.4) is 0 Å². The van der Waals surface area contributed by atoms with Crippen molar-refractivity contribution in [2.24, 2.45) is 17.3 Å². The lowest BCUT2D eigenvalue weighted by Crippen LogP contribution is -2.46. The molecule has 2 aromatic rings. The molecule has 4 rings (SSSR count). The molecule has 1 aromatic heterocycles. The van der Waals surface area contributed by atoms with E-state index < -0.39 is 6.10 Å². The molecule has 1 atom stereocenters. The number of likely N-dealkylation sites (tertiary alicyclic amines) is 1. The van der Waals surface area contributed by atoms with E-state index in [0.717, 1.165) is 55.2 Å². The Morgan fingerprint density at radius 2 is 1.97 bits per heavy atom. The maximum atomic E-state index is 12.8. The highest BCUT2D eigenvalue weighted by Crippen LogP contribution is 2.46. The van der Waals surface area contributed by atoms with E-state index in [1.165, 1.54) is 0 Å². The van der Waals surface area contributed by atoms with Crippen molar-refractivity contribution in [3.05, 3.63) is 28.9 Å². The summed E-state index contributed by atoms with van der Waals surface area (Å²) in [6, 6.07) is 3.67. The van der Waals surface area contributed by atoms with Gasteiger partial charge in [-0.1, -0.05) is 25.4 Å². The molecule has 7 heteroatoms. The van der Waals surface area contributed by atoms with Crippen LogP contribution < -0.4 is 0 Å². The number of halogens is 1. The lowest BCUT2D eigenvalue weighted by Gasteiger charge is -2.44. The van der Waals surface area contributed by atoms with Gasteiger partial charge in [-0.15, -0.1) is 0 Å². The zero-order valence-electron chi connectivity index (χ0n) is 17.2. The number of benzene rings is 1. The van der Waals surface area contributed by atoms with E-state index in [-0.39, 0.29) is 17.2 Å².